The Morgan fingerprint density at radius 3 is 2.69 bits per heavy atom. The largest absolute Gasteiger partial charge is 0.493 e. The van der Waals surface area contributed by atoms with E-state index in [9.17, 15) is 4.79 Å². The highest BCUT2D eigenvalue weighted by atomic mass is 35.5. The fourth-order valence-electron chi connectivity index (χ4n) is 3.73. The second-order valence-corrected chi connectivity index (χ2v) is 8.05. The summed E-state index contributed by atoms with van der Waals surface area (Å²) in [6.45, 7) is 3.28. The molecule has 0 saturated heterocycles. The van der Waals surface area contributed by atoms with Gasteiger partial charge in [0.05, 0.1) is 40.4 Å². The molecule has 160 valence electrons. The van der Waals surface area contributed by atoms with Crippen LogP contribution in [0.2, 0.25) is 5.02 Å². The number of imidazole rings is 1. The summed E-state index contributed by atoms with van der Waals surface area (Å²) in [7, 11) is 0. The molecule has 0 fully saturated rings. The van der Waals surface area contributed by atoms with Crippen molar-refractivity contribution in [3.05, 3.63) is 87.9 Å². The average Bonchev–Trinajstić information content (AvgIpc) is 3.19. The highest BCUT2D eigenvalue weighted by Crippen LogP contribution is 2.28. The van der Waals surface area contributed by atoms with E-state index in [2.05, 4.69) is 16.9 Å². The number of benzene rings is 3. The number of aromatic amines is 1. The summed E-state index contributed by atoms with van der Waals surface area (Å²) in [6.07, 6.45) is 2.67. The van der Waals surface area contributed by atoms with E-state index in [4.69, 9.17) is 21.3 Å². The molecule has 0 radical (unpaired) electrons. The van der Waals surface area contributed by atoms with Gasteiger partial charge < -0.3 is 14.3 Å². The van der Waals surface area contributed by atoms with E-state index >= 15 is 0 Å². The number of rotatable bonds is 6. The van der Waals surface area contributed by atoms with Crippen molar-refractivity contribution in [3.63, 3.8) is 0 Å². The van der Waals surface area contributed by atoms with Crippen molar-refractivity contribution in [2.75, 3.05) is 6.61 Å². The van der Waals surface area contributed by atoms with Gasteiger partial charge in [-0.3, -0.25) is 4.79 Å². The molecular formula is C25H21ClN4O2. The van der Waals surface area contributed by atoms with Crippen molar-refractivity contribution >= 4 is 33.5 Å². The minimum Gasteiger partial charge on any atom is -0.493 e. The number of hydrogen-bond acceptors (Lipinski definition) is 4. The first-order chi connectivity index (χ1) is 15.6. The number of nitrogens with zero attached hydrogens (tertiary/aromatic N) is 3. The highest BCUT2D eigenvalue weighted by Gasteiger charge is 2.13. The minimum atomic E-state index is -0.198. The number of halogens is 1. The van der Waals surface area contributed by atoms with Crippen LogP contribution in [0.5, 0.6) is 5.75 Å². The van der Waals surface area contributed by atoms with E-state index in [0.29, 0.717) is 40.7 Å². The zero-order valence-corrected chi connectivity index (χ0v) is 18.3. The Labute approximate surface area is 189 Å². The molecule has 0 aliphatic rings. The molecule has 0 amide bonds. The summed E-state index contributed by atoms with van der Waals surface area (Å²) in [5, 5.41) is 1.22. The minimum absolute atomic E-state index is 0.198. The summed E-state index contributed by atoms with van der Waals surface area (Å²) < 4.78 is 7.86. The molecular weight excluding hydrogens is 424 g/mol. The summed E-state index contributed by atoms with van der Waals surface area (Å²) >= 11 is 5.99. The number of ether oxygens (including phenoxy) is 1. The molecule has 2 heterocycles. The first-order valence-electron chi connectivity index (χ1n) is 10.5. The van der Waals surface area contributed by atoms with Gasteiger partial charge in [-0.15, -0.1) is 0 Å². The summed E-state index contributed by atoms with van der Waals surface area (Å²) in [4.78, 5) is 25.2. The molecule has 0 aliphatic carbocycles. The predicted octanol–water partition coefficient (Wildman–Crippen LogP) is 5.43. The molecule has 0 atom stereocenters. The fraction of sp³-hybridized carbons (Fsp3) is 0.160. The van der Waals surface area contributed by atoms with E-state index in [1.54, 1.807) is 6.33 Å². The average molecular weight is 445 g/mol. The van der Waals surface area contributed by atoms with Crippen LogP contribution in [0.1, 0.15) is 18.9 Å². The van der Waals surface area contributed by atoms with Crippen LogP contribution in [0, 0.1) is 0 Å². The lowest BCUT2D eigenvalue weighted by Crippen LogP contribution is -2.10. The van der Waals surface area contributed by atoms with E-state index in [1.807, 2.05) is 65.2 Å². The molecule has 5 aromatic rings. The molecule has 0 bridgehead atoms. The van der Waals surface area contributed by atoms with Gasteiger partial charge in [0.2, 0.25) is 0 Å². The first-order valence-corrected chi connectivity index (χ1v) is 10.9. The Bertz CT molecular complexity index is 1470. The molecule has 6 nitrogen and oxygen atoms in total. The van der Waals surface area contributed by atoms with Crippen molar-refractivity contribution in [2.24, 2.45) is 0 Å². The van der Waals surface area contributed by atoms with Gasteiger partial charge in [-0.25, -0.2) is 9.97 Å². The smallest absolute Gasteiger partial charge is 0.259 e. The molecule has 0 aliphatic heterocycles. The molecule has 5 rings (SSSR count). The van der Waals surface area contributed by atoms with Gasteiger partial charge in [0.15, 0.2) is 0 Å². The van der Waals surface area contributed by atoms with Crippen LogP contribution in [0.4, 0.5) is 0 Å². The van der Waals surface area contributed by atoms with E-state index < -0.39 is 0 Å². The molecule has 0 unspecified atom stereocenters. The predicted molar refractivity (Wildman–Crippen MR) is 127 cm³/mol. The molecule has 32 heavy (non-hydrogen) atoms. The van der Waals surface area contributed by atoms with Gasteiger partial charge in [0.1, 0.15) is 11.6 Å². The van der Waals surface area contributed by atoms with E-state index in [0.717, 1.165) is 28.6 Å². The number of nitrogens with one attached hydrogen (secondary N) is 1. The topological polar surface area (TPSA) is 72.8 Å². The van der Waals surface area contributed by atoms with Crippen LogP contribution in [0.3, 0.4) is 0 Å². The highest BCUT2D eigenvalue weighted by molar-refractivity contribution is 6.30. The Kier molecular flexibility index (Phi) is 5.37. The molecule has 0 spiro atoms. The lowest BCUT2D eigenvalue weighted by Gasteiger charge is -2.11. The number of fused-ring (bicyclic) bond motifs is 2. The number of aromatic nitrogens is 4. The quantitative estimate of drug-likeness (QED) is 0.379. The third-order valence-corrected chi connectivity index (χ3v) is 5.57. The molecule has 3 aromatic carbocycles. The first kappa shape index (κ1) is 20.3. The fourth-order valence-corrected chi connectivity index (χ4v) is 3.86. The van der Waals surface area contributed by atoms with Crippen molar-refractivity contribution < 1.29 is 4.74 Å². The van der Waals surface area contributed by atoms with Gasteiger partial charge in [-0.1, -0.05) is 42.8 Å². The summed E-state index contributed by atoms with van der Waals surface area (Å²) in [5.74, 6) is 1.18. The monoisotopic (exact) mass is 444 g/mol. The molecule has 2 aromatic heterocycles. The van der Waals surface area contributed by atoms with Crippen LogP contribution in [-0.2, 0) is 6.54 Å². The van der Waals surface area contributed by atoms with Crippen LogP contribution >= 0.6 is 11.6 Å². The van der Waals surface area contributed by atoms with Crippen molar-refractivity contribution in [2.45, 2.75) is 19.9 Å². The van der Waals surface area contributed by atoms with Crippen LogP contribution in [0.15, 0.2) is 71.8 Å². The summed E-state index contributed by atoms with van der Waals surface area (Å²) in [6, 6.07) is 19.0. The SMILES string of the molecule is CCCOc1ccccc1-c1nc2cc3ncn(Cc4ccc(Cl)cc4)c3cc2c(=O)[nH]1. The van der Waals surface area contributed by atoms with Gasteiger partial charge in [-0.05, 0) is 48.4 Å². The second-order valence-electron chi connectivity index (χ2n) is 7.62. The maximum atomic E-state index is 13.0. The van der Waals surface area contributed by atoms with Crippen LogP contribution in [0.25, 0.3) is 33.3 Å². The number of hydrogen-bond donors (Lipinski definition) is 1. The van der Waals surface area contributed by atoms with Crippen LogP contribution in [-0.4, -0.2) is 26.1 Å². The van der Waals surface area contributed by atoms with Crippen molar-refractivity contribution in [1.29, 1.82) is 0 Å². The normalized spacial score (nSPS) is 11.3. The van der Waals surface area contributed by atoms with Gasteiger partial charge in [0.25, 0.3) is 5.56 Å². The molecule has 1 N–H and O–H groups in total. The van der Waals surface area contributed by atoms with Crippen LogP contribution < -0.4 is 10.3 Å². The lowest BCUT2D eigenvalue weighted by molar-refractivity contribution is 0.318. The Balaban J connectivity index is 1.58. The zero-order valence-electron chi connectivity index (χ0n) is 17.5. The third kappa shape index (κ3) is 3.85. The van der Waals surface area contributed by atoms with Gasteiger partial charge in [0, 0.05) is 11.6 Å². The van der Waals surface area contributed by atoms with E-state index in [-0.39, 0.29) is 5.56 Å². The van der Waals surface area contributed by atoms with Crippen molar-refractivity contribution in [1.82, 2.24) is 19.5 Å². The third-order valence-electron chi connectivity index (χ3n) is 5.32. The Morgan fingerprint density at radius 1 is 1.06 bits per heavy atom. The van der Waals surface area contributed by atoms with E-state index in [1.165, 1.54) is 0 Å². The van der Waals surface area contributed by atoms with Gasteiger partial charge >= 0.3 is 0 Å². The number of H-pyrrole nitrogens is 1. The Hall–Kier alpha value is -3.64. The lowest BCUT2D eigenvalue weighted by atomic mass is 10.1. The summed E-state index contributed by atoms with van der Waals surface area (Å²) in [5.41, 5.74) is 3.91. The standard InChI is InChI=1S/C25H21ClN4O2/c1-2-11-32-23-6-4-3-5-18(23)24-28-20-13-21-22(12-19(20)25(31)29-24)30(15-27-21)14-16-7-9-17(26)10-8-16/h3-10,12-13,15H,2,11,14H2,1H3,(H,28,29,31). The molecule has 0 saturated carbocycles. The maximum absolute atomic E-state index is 13.0. The zero-order chi connectivity index (χ0) is 22.1. The Morgan fingerprint density at radius 2 is 1.88 bits per heavy atom. The maximum Gasteiger partial charge on any atom is 0.259 e. The second kappa shape index (κ2) is 8.48. The number of para-hydroxylation sites is 1. The van der Waals surface area contributed by atoms with Crippen molar-refractivity contribution in [3.8, 4) is 17.1 Å². The van der Waals surface area contributed by atoms with Gasteiger partial charge in [-0.2, -0.15) is 0 Å². The molecule has 7 heteroatoms.